The number of hydrogen-bond donors (Lipinski definition) is 4. The third-order valence-corrected chi connectivity index (χ3v) is 4.13. The fraction of sp³-hybridized carbons (Fsp3) is 0.500. The maximum absolute atomic E-state index is 12.0. The zero-order valence-electron chi connectivity index (χ0n) is 10.8. The Morgan fingerprint density at radius 3 is 2.60 bits per heavy atom. The van der Waals surface area contributed by atoms with Crippen LogP contribution in [0.2, 0.25) is 0 Å². The lowest BCUT2D eigenvalue weighted by atomic mass is 10.2. The molecule has 0 fully saturated rings. The zero-order chi connectivity index (χ0) is 15.3. The van der Waals surface area contributed by atoms with E-state index in [1.807, 2.05) is 0 Å². The second-order valence-corrected chi connectivity index (χ2v) is 5.86. The molecule has 0 bridgehead atoms. The van der Waals surface area contributed by atoms with E-state index in [0.717, 1.165) is 0 Å². The summed E-state index contributed by atoms with van der Waals surface area (Å²) in [6.45, 7) is 1.50. The number of nitrogens with two attached hydrogens (primary N) is 1. The minimum absolute atomic E-state index is 0.0826. The molecule has 1 heterocycles. The largest absolute Gasteiger partial charge is 0.476 e. The summed E-state index contributed by atoms with van der Waals surface area (Å²) in [6, 6.07) is 0. The highest BCUT2D eigenvalue weighted by atomic mass is 32.2. The van der Waals surface area contributed by atoms with Crippen molar-refractivity contribution >= 4 is 21.9 Å². The van der Waals surface area contributed by atoms with Crippen LogP contribution in [0, 0.1) is 6.92 Å². The number of aromatic amines is 1. The average molecular weight is 304 g/mol. The Hall–Kier alpha value is -1.94. The Balaban J connectivity index is 2.72. The molecule has 9 nitrogen and oxygen atoms in total. The quantitative estimate of drug-likeness (QED) is 0.468. The molecule has 1 aromatic rings. The standard InChI is InChI=1S/C10H16N4O5S/c1-6-9(8(10(16)17)14-13-6)20(18,19)12-5-3-2-4-7(11)15/h12H,2-5H2,1H3,(H2,11,15)(H,13,14)(H,16,17). The van der Waals surface area contributed by atoms with Gasteiger partial charge in [-0.2, -0.15) is 5.10 Å². The number of rotatable bonds is 8. The first kappa shape index (κ1) is 16.1. The van der Waals surface area contributed by atoms with Crippen molar-refractivity contribution in [2.75, 3.05) is 6.54 Å². The molecule has 0 saturated heterocycles. The molecule has 10 heteroatoms. The van der Waals surface area contributed by atoms with Crippen LogP contribution in [0.25, 0.3) is 0 Å². The minimum Gasteiger partial charge on any atom is -0.476 e. The summed E-state index contributed by atoms with van der Waals surface area (Å²) in [6.07, 6.45) is 1.04. The predicted octanol–water partition coefficient (Wildman–Crippen LogP) is -0.650. The molecule has 1 amide bonds. The van der Waals surface area contributed by atoms with Crippen LogP contribution in [0.5, 0.6) is 0 Å². The van der Waals surface area contributed by atoms with Crippen molar-refractivity contribution in [3.63, 3.8) is 0 Å². The van der Waals surface area contributed by atoms with Gasteiger partial charge in [-0.25, -0.2) is 17.9 Å². The van der Waals surface area contributed by atoms with E-state index in [-0.39, 0.29) is 23.6 Å². The molecule has 0 aliphatic carbocycles. The third kappa shape index (κ3) is 4.03. The molecule has 0 spiro atoms. The smallest absolute Gasteiger partial charge is 0.357 e. The van der Waals surface area contributed by atoms with Crippen molar-refractivity contribution in [1.29, 1.82) is 0 Å². The summed E-state index contributed by atoms with van der Waals surface area (Å²) < 4.78 is 26.3. The Kier molecular flexibility index (Phi) is 5.22. The number of nitrogens with one attached hydrogen (secondary N) is 2. The summed E-state index contributed by atoms with van der Waals surface area (Å²) in [5.41, 5.74) is 4.55. The van der Waals surface area contributed by atoms with Crippen molar-refractivity contribution in [1.82, 2.24) is 14.9 Å². The Morgan fingerprint density at radius 2 is 2.05 bits per heavy atom. The Labute approximate surface area is 115 Å². The van der Waals surface area contributed by atoms with Gasteiger partial charge in [-0.3, -0.25) is 9.89 Å². The molecule has 0 saturated carbocycles. The van der Waals surface area contributed by atoms with Gasteiger partial charge < -0.3 is 10.8 Å². The minimum atomic E-state index is -3.96. The Morgan fingerprint density at radius 1 is 1.40 bits per heavy atom. The van der Waals surface area contributed by atoms with Gasteiger partial charge in [0.25, 0.3) is 0 Å². The topological polar surface area (TPSA) is 155 Å². The number of aromatic carboxylic acids is 1. The number of nitrogens with zero attached hydrogens (tertiary/aromatic N) is 1. The van der Waals surface area contributed by atoms with Crippen LogP contribution in [0.1, 0.15) is 35.4 Å². The molecule has 0 atom stereocenters. The Bertz CT molecular complexity index is 607. The fourth-order valence-electron chi connectivity index (χ4n) is 1.60. The molecule has 0 aliphatic heterocycles. The number of amides is 1. The number of carboxylic acid groups (broad SMARTS) is 1. The predicted molar refractivity (Wildman–Crippen MR) is 68.5 cm³/mol. The van der Waals surface area contributed by atoms with E-state index in [1.165, 1.54) is 6.92 Å². The highest BCUT2D eigenvalue weighted by Gasteiger charge is 2.27. The first-order chi connectivity index (χ1) is 9.25. The second kappa shape index (κ2) is 6.48. The SMILES string of the molecule is Cc1[nH]nc(C(=O)O)c1S(=O)(=O)NCCCCC(N)=O. The van der Waals surface area contributed by atoms with Gasteiger partial charge >= 0.3 is 5.97 Å². The summed E-state index contributed by atoms with van der Waals surface area (Å²) in [5.74, 6) is -1.88. The molecular weight excluding hydrogens is 288 g/mol. The van der Waals surface area contributed by atoms with Crippen LogP contribution < -0.4 is 10.5 Å². The van der Waals surface area contributed by atoms with E-state index in [9.17, 15) is 18.0 Å². The van der Waals surface area contributed by atoms with Crippen LogP contribution in [0.4, 0.5) is 0 Å². The number of aromatic nitrogens is 2. The molecule has 0 unspecified atom stereocenters. The van der Waals surface area contributed by atoms with Crippen LogP contribution in [0.15, 0.2) is 4.90 Å². The molecule has 1 aromatic heterocycles. The number of hydrogen-bond acceptors (Lipinski definition) is 5. The number of aryl methyl sites for hydroxylation is 1. The summed E-state index contributed by atoms with van der Waals surface area (Å²) >= 11 is 0. The van der Waals surface area contributed by atoms with Gasteiger partial charge in [0.15, 0.2) is 5.69 Å². The van der Waals surface area contributed by atoms with Crippen molar-refractivity contribution in [2.24, 2.45) is 5.73 Å². The van der Waals surface area contributed by atoms with Gasteiger partial charge in [-0.1, -0.05) is 0 Å². The maximum atomic E-state index is 12.0. The van der Waals surface area contributed by atoms with Crippen LogP contribution in [-0.2, 0) is 14.8 Å². The van der Waals surface area contributed by atoms with Crippen LogP contribution in [-0.4, -0.2) is 42.1 Å². The second-order valence-electron chi connectivity index (χ2n) is 4.15. The van der Waals surface area contributed by atoms with E-state index >= 15 is 0 Å². The highest BCUT2D eigenvalue weighted by molar-refractivity contribution is 7.89. The van der Waals surface area contributed by atoms with Crippen LogP contribution >= 0.6 is 0 Å². The van der Waals surface area contributed by atoms with E-state index < -0.39 is 27.6 Å². The van der Waals surface area contributed by atoms with E-state index in [4.69, 9.17) is 10.8 Å². The van der Waals surface area contributed by atoms with E-state index in [1.54, 1.807) is 0 Å². The lowest BCUT2D eigenvalue weighted by Gasteiger charge is -2.06. The molecule has 1 rings (SSSR count). The summed E-state index contributed by atoms with van der Waals surface area (Å²) in [4.78, 5) is 21.0. The maximum Gasteiger partial charge on any atom is 0.357 e. The third-order valence-electron chi connectivity index (χ3n) is 2.50. The lowest BCUT2D eigenvalue weighted by Crippen LogP contribution is -2.27. The van der Waals surface area contributed by atoms with Gasteiger partial charge in [-0.05, 0) is 19.8 Å². The molecule has 5 N–H and O–H groups in total. The first-order valence-corrected chi connectivity index (χ1v) is 7.30. The monoisotopic (exact) mass is 304 g/mol. The number of carbonyl (C=O) groups excluding carboxylic acids is 1. The number of carboxylic acids is 1. The van der Waals surface area contributed by atoms with Crippen molar-refractivity contribution in [3.8, 4) is 0 Å². The zero-order valence-corrected chi connectivity index (χ0v) is 11.7. The van der Waals surface area contributed by atoms with Crippen LogP contribution in [0.3, 0.4) is 0 Å². The number of primary amides is 1. The number of carbonyl (C=O) groups is 2. The number of unbranched alkanes of at least 4 members (excludes halogenated alkanes) is 1. The molecule has 112 valence electrons. The number of H-pyrrole nitrogens is 1. The van der Waals surface area contributed by atoms with Gasteiger partial charge in [-0.15, -0.1) is 0 Å². The highest BCUT2D eigenvalue weighted by Crippen LogP contribution is 2.17. The lowest BCUT2D eigenvalue weighted by molar-refractivity contribution is -0.118. The molecular formula is C10H16N4O5S. The summed E-state index contributed by atoms with van der Waals surface area (Å²) in [5, 5.41) is 14.7. The summed E-state index contributed by atoms with van der Waals surface area (Å²) in [7, 11) is -3.96. The molecule has 0 aromatic carbocycles. The first-order valence-electron chi connectivity index (χ1n) is 5.82. The van der Waals surface area contributed by atoms with E-state index in [0.29, 0.717) is 12.8 Å². The van der Waals surface area contributed by atoms with Gasteiger partial charge in [0.1, 0.15) is 4.90 Å². The van der Waals surface area contributed by atoms with Gasteiger partial charge in [0, 0.05) is 13.0 Å². The van der Waals surface area contributed by atoms with Gasteiger partial charge in [0.05, 0.1) is 5.69 Å². The normalized spacial score (nSPS) is 11.4. The van der Waals surface area contributed by atoms with Crippen molar-refractivity contribution in [3.05, 3.63) is 11.4 Å². The molecule has 0 aliphatic rings. The number of sulfonamides is 1. The fourth-order valence-corrected chi connectivity index (χ4v) is 2.99. The van der Waals surface area contributed by atoms with Gasteiger partial charge in [0.2, 0.25) is 15.9 Å². The molecule has 0 radical (unpaired) electrons. The van der Waals surface area contributed by atoms with Crippen molar-refractivity contribution < 1.29 is 23.1 Å². The van der Waals surface area contributed by atoms with E-state index in [2.05, 4.69) is 14.9 Å². The van der Waals surface area contributed by atoms with Crippen molar-refractivity contribution in [2.45, 2.75) is 31.1 Å². The molecule has 20 heavy (non-hydrogen) atoms. The average Bonchev–Trinajstić information content (AvgIpc) is 2.71.